The van der Waals surface area contributed by atoms with E-state index in [-0.39, 0.29) is 35.4 Å². The zero-order valence-electron chi connectivity index (χ0n) is 24.1. The fourth-order valence-electron chi connectivity index (χ4n) is 5.27. The maximum atomic E-state index is 13.5. The lowest BCUT2D eigenvalue weighted by atomic mass is 9.89. The number of hydrogen-bond acceptors (Lipinski definition) is 10. The molecule has 3 aromatic rings. The Kier molecular flexibility index (Phi) is 7.34. The van der Waals surface area contributed by atoms with Crippen LogP contribution in [-0.2, 0) is 21.2 Å². The third-order valence-corrected chi connectivity index (χ3v) is 9.17. The molecule has 1 N–H and O–H groups in total. The molecule has 3 aromatic heterocycles. The van der Waals surface area contributed by atoms with E-state index in [2.05, 4.69) is 32.2 Å². The lowest BCUT2D eigenvalue weighted by Gasteiger charge is -2.22. The van der Waals surface area contributed by atoms with Gasteiger partial charge in [-0.25, -0.2) is 28.4 Å². The highest BCUT2D eigenvalue weighted by Gasteiger charge is 2.34. The minimum atomic E-state index is -3.36. The smallest absolute Gasteiger partial charge is 0.227 e. The molecule has 0 spiro atoms. The number of ether oxygens (including phenoxy) is 1. The summed E-state index contributed by atoms with van der Waals surface area (Å²) in [5.74, 6) is 2.09. The number of amidine groups is 1. The minimum absolute atomic E-state index is 0.103. The lowest BCUT2D eigenvalue weighted by Crippen LogP contribution is -2.28. The maximum absolute atomic E-state index is 13.5. The number of carbonyl (C=O) groups is 1. The molecule has 0 bridgehead atoms. The number of nitrogens with zero attached hydrogens (tertiary/aromatic N) is 6. The van der Waals surface area contributed by atoms with Crippen LogP contribution in [0.25, 0.3) is 17.5 Å². The highest BCUT2D eigenvalue weighted by molar-refractivity contribution is 7.90. The molecule has 12 heteroatoms. The van der Waals surface area contributed by atoms with E-state index in [1.807, 2.05) is 13.0 Å². The van der Waals surface area contributed by atoms with E-state index in [0.717, 1.165) is 43.2 Å². The van der Waals surface area contributed by atoms with Crippen molar-refractivity contribution < 1.29 is 17.9 Å². The van der Waals surface area contributed by atoms with E-state index in [1.165, 1.54) is 18.6 Å². The van der Waals surface area contributed by atoms with Crippen molar-refractivity contribution in [3.8, 4) is 17.3 Å². The first-order chi connectivity index (χ1) is 20.1. The van der Waals surface area contributed by atoms with Crippen molar-refractivity contribution in [1.82, 2.24) is 24.9 Å². The van der Waals surface area contributed by atoms with Crippen LogP contribution in [0, 0.1) is 18.8 Å². The summed E-state index contributed by atoms with van der Waals surface area (Å²) in [5.41, 5.74) is 5.07. The second-order valence-corrected chi connectivity index (χ2v) is 13.3. The van der Waals surface area contributed by atoms with Gasteiger partial charge in [-0.3, -0.25) is 14.8 Å². The average Bonchev–Trinajstić information content (AvgIpc) is 3.87. The summed E-state index contributed by atoms with van der Waals surface area (Å²) >= 11 is 0. The van der Waals surface area contributed by atoms with Gasteiger partial charge in [0, 0.05) is 24.8 Å². The van der Waals surface area contributed by atoms with Crippen LogP contribution in [0.2, 0.25) is 0 Å². The van der Waals surface area contributed by atoms with Crippen molar-refractivity contribution in [1.29, 1.82) is 0 Å². The van der Waals surface area contributed by atoms with Gasteiger partial charge in [0.1, 0.15) is 11.9 Å². The number of ketones is 1. The van der Waals surface area contributed by atoms with Crippen LogP contribution in [-0.4, -0.2) is 58.3 Å². The van der Waals surface area contributed by atoms with Crippen LogP contribution < -0.4 is 10.1 Å². The van der Waals surface area contributed by atoms with Gasteiger partial charge in [-0.2, -0.15) is 0 Å². The van der Waals surface area contributed by atoms with Gasteiger partial charge in [0.05, 0.1) is 47.0 Å². The van der Waals surface area contributed by atoms with Crippen molar-refractivity contribution in [3.63, 3.8) is 0 Å². The molecular weight excluding hydrogens is 554 g/mol. The maximum Gasteiger partial charge on any atom is 0.227 e. The van der Waals surface area contributed by atoms with Gasteiger partial charge in [-0.1, -0.05) is 12.5 Å². The second kappa shape index (κ2) is 11.0. The van der Waals surface area contributed by atoms with Crippen LogP contribution in [0.3, 0.4) is 0 Å². The van der Waals surface area contributed by atoms with Crippen LogP contribution >= 0.6 is 0 Å². The number of rotatable bonds is 8. The first kappa shape index (κ1) is 28.1. The van der Waals surface area contributed by atoms with Crippen LogP contribution in [0.4, 0.5) is 5.69 Å². The quantitative estimate of drug-likeness (QED) is 0.403. The molecule has 0 unspecified atom stereocenters. The van der Waals surface area contributed by atoms with E-state index in [9.17, 15) is 13.2 Å². The first-order valence-corrected chi connectivity index (χ1v) is 16.0. The number of pyridine rings is 1. The molecule has 2 saturated carbocycles. The molecule has 4 heterocycles. The number of nitrogens with one attached hydrogen (secondary N) is 1. The van der Waals surface area contributed by atoms with Crippen molar-refractivity contribution >= 4 is 33.2 Å². The Labute approximate surface area is 244 Å². The van der Waals surface area contributed by atoms with Gasteiger partial charge in [0.15, 0.2) is 21.5 Å². The largest absolute Gasteiger partial charge is 0.480 e. The summed E-state index contributed by atoms with van der Waals surface area (Å²) in [6.45, 7) is 4.15. The van der Waals surface area contributed by atoms with E-state index in [0.29, 0.717) is 51.9 Å². The number of carbonyl (C=O) groups excluding carboxylic acids is 1. The lowest BCUT2D eigenvalue weighted by molar-refractivity contribution is -0.112. The van der Waals surface area contributed by atoms with E-state index >= 15 is 0 Å². The van der Waals surface area contributed by atoms with Crippen molar-refractivity contribution in [2.24, 2.45) is 16.8 Å². The van der Waals surface area contributed by atoms with Gasteiger partial charge >= 0.3 is 0 Å². The molecule has 11 nitrogen and oxygen atoms in total. The minimum Gasteiger partial charge on any atom is -0.480 e. The highest BCUT2D eigenvalue weighted by Crippen LogP contribution is 2.46. The number of aromatic nitrogens is 5. The SMILES string of the molecule is COc1ncnc(C2CC2)c1-c1nc(C)c2c(n1)/C=C(\[C@@H](C)C1CC1)CC(=O)C(=NCc1ccc(S(C)(=O)=O)cn1)N2. The third kappa shape index (κ3) is 5.80. The zero-order chi connectivity index (χ0) is 29.6. The predicted octanol–water partition coefficient (Wildman–Crippen LogP) is 4.34. The number of aryl methyl sites for hydroxylation is 1. The number of sulfone groups is 1. The van der Waals surface area contributed by atoms with E-state index in [4.69, 9.17) is 14.7 Å². The number of methoxy groups -OCH3 is 1. The third-order valence-electron chi connectivity index (χ3n) is 8.07. The van der Waals surface area contributed by atoms with E-state index < -0.39 is 9.84 Å². The molecule has 1 atom stereocenters. The Balaban J connectivity index is 1.42. The van der Waals surface area contributed by atoms with Crippen molar-refractivity contribution in [2.45, 2.75) is 63.3 Å². The van der Waals surface area contributed by atoms with Gasteiger partial charge in [-0.05, 0) is 62.7 Å². The average molecular weight is 588 g/mol. The van der Waals surface area contributed by atoms with Gasteiger partial charge in [-0.15, -0.1) is 0 Å². The Bertz CT molecular complexity index is 1730. The van der Waals surface area contributed by atoms with Crippen molar-refractivity contribution in [3.05, 3.63) is 53.0 Å². The second-order valence-electron chi connectivity index (χ2n) is 11.3. The Morgan fingerprint density at radius 3 is 2.55 bits per heavy atom. The van der Waals surface area contributed by atoms with Crippen LogP contribution in [0.1, 0.15) is 67.7 Å². The Hall–Kier alpha value is -4.06. The van der Waals surface area contributed by atoms with Gasteiger partial charge in [0.25, 0.3) is 0 Å². The monoisotopic (exact) mass is 587 g/mol. The molecule has 6 rings (SSSR count). The molecule has 218 valence electrons. The topological polar surface area (TPSA) is 149 Å². The summed E-state index contributed by atoms with van der Waals surface area (Å²) in [6, 6.07) is 3.10. The number of fused-ring (bicyclic) bond motifs is 1. The number of allylic oxidation sites excluding steroid dienone is 1. The van der Waals surface area contributed by atoms with Crippen LogP contribution in [0.5, 0.6) is 5.88 Å². The molecule has 42 heavy (non-hydrogen) atoms. The van der Waals surface area contributed by atoms with Gasteiger partial charge in [0.2, 0.25) is 11.7 Å². The van der Waals surface area contributed by atoms with Crippen LogP contribution in [0.15, 0.2) is 40.1 Å². The highest BCUT2D eigenvalue weighted by atomic mass is 32.2. The number of aliphatic imine (C=N–C) groups is 1. The predicted molar refractivity (Wildman–Crippen MR) is 158 cm³/mol. The molecule has 0 aromatic carbocycles. The summed E-state index contributed by atoms with van der Waals surface area (Å²) in [7, 11) is -1.78. The normalized spacial score (nSPS) is 20.1. The number of Topliss-reactive ketones (excluding diaryl/α,β-unsaturated/α-hetero) is 1. The first-order valence-electron chi connectivity index (χ1n) is 14.1. The molecule has 0 saturated heterocycles. The number of hydrogen-bond donors (Lipinski definition) is 1. The molecule has 1 aliphatic heterocycles. The Morgan fingerprint density at radius 1 is 1.12 bits per heavy atom. The van der Waals surface area contributed by atoms with Gasteiger partial charge < -0.3 is 10.1 Å². The molecule has 3 aliphatic rings. The summed E-state index contributed by atoms with van der Waals surface area (Å²) < 4.78 is 29.2. The fraction of sp³-hybridized carbons (Fsp3) is 0.433. The zero-order valence-corrected chi connectivity index (χ0v) is 24.9. The number of anilines is 1. The fourth-order valence-corrected chi connectivity index (χ4v) is 5.83. The summed E-state index contributed by atoms with van der Waals surface area (Å²) in [5, 5.41) is 3.23. The molecular formula is C30H33N7O4S. The summed E-state index contributed by atoms with van der Waals surface area (Å²) in [6.07, 6.45) is 10.6. The van der Waals surface area contributed by atoms with Crippen molar-refractivity contribution in [2.75, 3.05) is 18.7 Å². The molecule has 2 fully saturated rings. The standard InChI is InChI=1S/C30H33N7O4S/c1-16(18-5-6-18)20-11-23-26(17(2)35-29(36-23)25-27(19-7-8-19)33-15-34-30(25)41-3)37-28(24(38)12-20)32-13-21-9-10-22(14-31-21)42(4,39)40/h9-11,14-16,18-19H,5-8,12-13H2,1-4H3,(H,32,37)/b20-11-/t16-/m0/s1. The summed E-state index contributed by atoms with van der Waals surface area (Å²) in [4.78, 5) is 41.3. The molecule has 2 aliphatic carbocycles. The van der Waals surface area contributed by atoms with E-state index in [1.54, 1.807) is 13.2 Å². The molecule has 0 amide bonds. The Morgan fingerprint density at radius 2 is 1.90 bits per heavy atom. The molecule has 0 radical (unpaired) electrons.